The largest absolute Gasteiger partial charge is 0.478 e. The van der Waals surface area contributed by atoms with E-state index in [-0.39, 0.29) is 12.0 Å². The Hall–Kier alpha value is -3.16. The maximum Gasteiger partial charge on any atom is 0.274 e. The van der Waals surface area contributed by atoms with Crippen molar-refractivity contribution in [3.05, 3.63) is 42.2 Å². The maximum atomic E-state index is 12.7. The van der Waals surface area contributed by atoms with Crippen molar-refractivity contribution >= 4 is 16.9 Å². The standard InChI is InChI=1S/C19H19N5O3/c25-19(16-10-18-24(22-16)7-3-9-26-18)23-8-6-13(12-23)27-17-11-20-14-4-1-2-5-15(14)21-17/h1-2,4-5,10-11,13H,3,6-9,12H2/t13-/m0/s1. The lowest BCUT2D eigenvalue weighted by molar-refractivity contribution is 0.0764. The van der Waals surface area contributed by atoms with Gasteiger partial charge in [-0.2, -0.15) is 5.10 Å². The minimum absolute atomic E-state index is 0.0869. The molecule has 8 heteroatoms. The molecular weight excluding hydrogens is 346 g/mol. The summed E-state index contributed by atoms with van der Waals surface area (Å²) in [5.41, 5.74) is 2.06. The van der Waals surface area contributed by atoms with Crippen LogP contribution >= 0.6 is 0 Å². The summed E-state index contributed by atoms with van der Waals surface area (Å²) in [6.45, 7) is 2.60. The van der Waals surface area contributed by atoms with Crippen LogP contribution in [0.15, 0.2) is 36.5 Å². The minimum atomic E-state index is -0.0992. The molecular formula is C19H19N5O3. The van der Waals surface area contributed by atoms with Gasteiger partial charge in [-0.15, -0.1) is 0 Å². The van der Waals surface area contributed by atoms with Crippen molar-refractivity contribution in [3.8, 4) is 11.8 Å². The van der Waals surface area contributed by atoms with E-state index in [4.69, 9.17) is 9.47 Å². The number of hydrogen-bond donors (Lipinski definition) is 0. The van der Waals surface area contributed by atoms with Crippen LogP contribution in [-0.4, -0.2) is 56.4 Å². The SMILES string of the molecule is O=C(c1cc2n(n1)CCCO2)N1CC[C@H](Oc2cnc3ccccc3n2)C1. The molecule has 0 N–H and O–H groups in total. The minimum Gasteiger partial charge on any atom is -0.478 e. The number of carbonyl (C=O) groups is 1. The van der Waals surface area contributed by atoms with Crippen molar-refractivity contribution in [2.45, 2.75) is 25.5 Å². The third-order valence-corrected chi connectivity index (χ3v) is 4.87. The summed E-state index contributed by atoms with van der Waals surface area (Å²) in [7, 11) is 0. The average molecular weight is 365 g/mol. The number of hydrogen-bond acceptors (Lipinski definition) is 6. The highest BCUT2D eigenvalue weighted by atomic mass is 16.5. The number of para-hydroxylation sites is 2. The van der Waals surface area contributed by atoms with Crippen LogP contribution in [-0.2, 0) is 6.54 Å². The third kappa shape index (κ3) is 3.07. The van der Waals surface area contributed by atoms with E-state index in [1.54, 1.807) is 21.8 Å². The maximum absolute atomic E-state index is 12.7. The lowest BCUT2D eigenvalue weighted by Gasteiger charge is -2.16. The molecule has 1 amide bonds. The molecule has 1 aromatic carbocycles. The van der Waals surface area contributed by atoms with E-state index in [0.29, 0.717) is 37.2 Å². The zero-order valence-electron chi connectivity index (χ0n) is 14.7. The Labute approximate surface area is 155 Å². The fraction of sp³-hybridized carbons (Fsp3) is 0.368. The predicted octanol–water partition coefficient (Wildman–Crippen LogP) is 1.90. The number of likely N-dealkylation sites (tertiary alicyclic amines) is 1. The fourth-order valence-electron chi connectivity index (χ4n) is 3.51. The van der Waals surface area contributed by atoms with Crippen molar-refractivity contribution in [1.82, 2.24) is 24.6 Å². The first kappa shape index (κ1) is 16.0. The molecule has 0 unspecified atom stereocenters. The molecule has 0 bridgehead atoms. The number of fused-ring (bicyclic) bond motifs is 2. The molecule has 2 aliphatic rings. The van der Waals surface area contributed by atoms with Crippen molar-refractivity contribution in [2.75, 3.05) is 19.7 Å². The molecule has 1 saturated heterocycles. The molecule has 2 aliphatic heterocycles. The second kappa shape index (κ2) is 6.53. The molecule has 0 spiro atoms. The number of benzene rings is 1. The Kier molecular flexibility index (Phi) is 3.88. The summed E-state index contributed by atoms with van der Waals surface area (Å²) in [5.74, 6) is 1.07. The molecule has 1 atom stereocenters. The van der Waals surface area contributed by atoms with Gasteiger partial charge in [0.2, 0.25) is 11.8 Å². The van der Waals surface area contributed by atoms with Crippen LogP contribution in [0.5, 0.6) is 11.8 Å². The van der Waals surface area contributed by atoms with Crippen LogP contribution < -0.4 is 9.47 Å². The van der Waals surface area contributed by atoms with Gasteiger partial charge in [-0.1, -0.05) is 12.1 Å². The summed E-state index contributed by atoms with van der Waals surface area (Å²) in [5, 5.41) is 4.38. The average Bonchev–Trinajstić information content (AvgIpc) is 3.34. The van der Waals surface area contributed by atoms with Crippen LogP contribution in [0.2, 0.25) is 0 Å². The van der Waals surface area contributed by atoms with Gasteiger partial charge in [0.05, 0.1) is 30.4 Å². The number of aromatic nitrogens is 4. The van der Waals surface area contributed by atoms with Gasteiger partial charge < -0.3 is 14.4 Å². The van der Waals surface area contributed by atoms with Crippen LogP contribution in [0.3, 0.4) is 0 Å². The number of rotatable bonds is 3. The second-order valence-electron chi connectivity index (χ2n) is 6.77. The molecule has 0 aliphatic carbocycles. The number of amides is 1. The van der Waals surface area contributed by atoms with Gasteiger partial charge in [0.1, 0.15) is 6.10 Å². The van der Waals surface area contributed by atoms with Gasteiger partial charge in [0.15, 0.2) is 5.69 Å². The van der Waals surface area contributed by atoms with E-state index in [9.17, 15) is 4.79 Å². The Morgan fingerprint density at radius 1 is 1.22 bits per heavy atom. The van der Waals surface area contributed by atoms with Crippen molar-refractivity contribution in [3.63, 3.8) is 0 Å². The zero-order chi connectivity index (χ0) is 18.2. The molecule has 5 rings (SSSR count). The highest BCUT2D eigenvalue weighted by Gasteiger charge is 2.30. The first-order chi connectivity index (χ1) is 13.3. The highest BCUT2D eigenvalue weighted by Crippen LogP contribution is 2.23. The zero-order valence-corrected chi connectivity index (χ0v) is 14.7. The van der Waals surface area contributed by atoms with Gasteiger partial charge in [0.25, 0.3) is 5.91 Å². The lowest BCUT2D eigenvalue weighted by atomic mass is 10.3. The van der Waals surface area contributed by atoms with Crippen LogP contribution in [0.1, 0.15) is 23.3 Å². The second-order valence-corrected chi connectivity index (χ2v) is 6.77. The van der Waals surface area contributed by atoms with E-state index in [1.807, 2.05) is 24.3 Å². The smallest absolute Gasteiger partial charge is 0.274 e. The lowest BCUT2D eigenvalue weighted by Crippen LogP contribution is -2.31. The van der Waals surface area contributed by atoms with Gasteiger partial charge in [0, 0.05) is 32.0 Å². The molecule has 2 aromatic heterocycles. The normalized spacial score (nSPS) is 19.0. The highest BCUT2D eigenvalue weighted by molar-refractivity contribution is 5.92. The molecule has 8 nitrogen and oxygen atoms in total. The summed E-state index contributed by atoms with van der Waals surface area (Å²) >= 11 is 0. The Balaban J connectivity index is 1.26. The van der Waals surface area contributed by atoms with Crippen LogP contribution in [0.4, 0.5) is 0 Å². The summed E-state index contributed by atoms with van der Waals surface area (Å²) in [4.78, 5) is 23.4. The predicted molar refractivity (Wildman–Crippen MR) is 96.8 cm³/mol. The topological polar surface area (TPSA) is 82.4 Å². The van der Waals surface area contributed by atoms with Crippen LogP contribution in [0.25, 0.3) is 11.0 Å². The van der Waals surface area contributed by atoms with Crippen molar-refractivity contribution in [1.29, 1.82) is 0 Å². The van der Waals surface area contributed by atoms with E-state index in [1.165, 1.54) is 0 Å². The number of nitrogens with zero attached hydrogens (tertiary/aromatic N) is 5. The number of aryl methyl sites for hydroxylation is 1. The van der Waals surface area contributed by atoms with E-state index < -0.39 is 0 Å². The third-order valence-electron chi connectivity index (χ3n) is 4.87. The molecule has 27 heavy (non-hydrogen) atoms. The first-order valence-electron chi connectivity index (χ1n) is 9.15. The molecule has 4 heterocycles. The fourth-order valence-corrected chi connectivity index (χ4v) is 3.51. The first-order valence-corrected chi connectivity index (χ1v) is 9.15. The molecule has 138 valence electrons. The molecule has 1 fully saturated rings. The van der Waals surface area contributed by atoms with Gasteiger partial charge in [-0.3, -0.25) is 4.79 Å². The van der Waals surface area contributed by atoms with E-state index in [0.717, 1.165) is 30.4 Å². The molecule has 3 aromatic rings. The summed E-state index contributed by atoms with van der Waals surface area (Å²) in [6.07, 6.45) is 3.20. The van der Waals surface area contributed by atoms with Gasteiger partial charge in [-0.25, -0.2) is 14.6 Å². The molecule has 0 saturated carbocycles. The summed E-state index contributed by atoms with van der Waals surface area (Å²) < 4.78 is 13.3. The monoisotopic (exact) mass is 365 g/mol. The summed E-state index contributed by atoms with van der Waals surface area (Å²) in [6, 6.07) is 9.39. The van der Waals surface area contributed by atoms with E-state index in [2.05, 4.69) is 15.1 Å². The Morgan fingerprint density at radius 2 is 2.11 bits per heavy atom. The van der Waals surface area contributed by atoms with Crippen molar-refractivity contribution in [2.24, 2.45) is 0 Å². The van der Waals surface area contributed by atoms with Crippen LogP contribution in [0, 0.1) is 0 Å². The van der Waals surface area contributed by atoms with Gasteiger partial charge >= 0.3 is 0 Å². The Morgan fingerprint density at radius 3 is 3.00 bits per heavy atom. The van der Waals surface area contributed by atoms with Crippen molar-refractivity contribution < 1.29 is 14.3 Å². The quantitative estimate of drug-likeness (QED) is 0.705. The number of carbonyl (C=O) groups excluding carboxylic acids is 1. The number of ether oxygens (including phenoxy) is 2. The Bertz CT molecular complexity index is 978. The van der Waals surface area contributed by atoms with Gasteiger partial charge in [-0.05, 0) is 12.1 Å². The van der Waals surface area contributed by atoms with E-state index >= 15 is 0 Å². The molecule has 0 radical (unpaired) electrons.